The second-order valence-electron chi connectivity index (χ2n) is 8.39. The third-order valence-electron chi connectivity index (χ3n) is 6.10. The van der Waals surface area contributed by atoms with Gasteiger partial charge in [0.1, 0.15) is 23.5 Å². The van der Waals surface area contributed by atoms with Crippen LogP contribution in [0.2, 0.25) is 0 Å². The molecule has 0 saturated heterocycles. The average molecular weight is 447 g/mol. The highest BCUT2D eigenvalue weighted by Gasteiger charge is 2.31. The normalized spacial score (nSPS) is 13.1. The van der Waals surface area contributed by atoms with Crippen molar-refractivity contribution in [1.29, 1.82) is 5.26 Å². The Balaban J connectivity index is 1.57. The van der Waals surface area contributed by atoms with Gasteiger partial charge in [-0.1, -0.05) is 18.2 Å². The minimum absolute atomic E-state index is 0.202. The van der Waals surface area contributed by atoms with Gasteiger partial charge in [0.05, 0.1) is 24.9 Å². The zero-order chi connectivity index (χ0) is 23.5. The Kier molecular flexibility index (Phi) is 6.47. The molecule has 170 valence electrons. The van der Waals surface area contributed by atoms with Crippen LogP contribution in [0.1, 0.15) is 35.2 Å². The predicted molar refractivity (Wildman–Crippen MR) is 125 cm³/mol. The Hall–Kier alpha value is -3.63. The van der Waals surface area contributed by atoms with Gasteiger partial charge >= 0.3 is 0 Å². The lowest BCUT2D eigenvalue weighted by Crippen LogP contribution is -2.35. The Morgan fingerprint density at radius 2 is 1.97 bits per heavy atom. The molecule has 6 nitrogen and oxygen atoms in total. The summed E-state index contributed by atoms with van der Waals surface area (Å²) < 4.78 is 20.9. The molecular weight excluding hydrogens is 419 g/mol. The molecule has 1 aliphatic rings. The van der Waals surface area contributed by atoms with Crippen LogP contribution in [0, 0.1) is 31.0 Å². The van der Waals surface area contributed by atoms with Crippen molar-refractivity contribution in [2.24, 2.45) is 0 Å². The van der Waals surface area contributed by atoms with Crippen molar-refractivity contribution in [3.8, 4) is 17.5 Å². The van der Waals surface area contributed by atoms with E-state index in [0.717, 1.165) is 35.4 Å². The van der Waals surface area contributed by atoms with E-state index in [1.165, 1.54) is 12.1 Å². The van der Waals surface area contributed by atoms with Gasteiger partial charge in [-0.15, -0.1) is 0 Å². The number of halogens is 1. The Morgan fingerprint density at radius 1 is 1.24 bits per heavy atom. The van der Waals surface area contributed by atoms with Crippen molar-refractivity contribution < 1.29 is 13.9 Å². The van der Waals surface area contributed by atoms with Crippen LogP contribution in [0.4, 0.5) is 10.2 Å². The number of benzene rings is 2. The van der Waals surface area contributed by atoms with Crippen LogP contribution in [0.25, 0.3) is 5.69 Å². The first-order valence-electron chi connectivity index (χ1n) is 11.0. The van der Waals surface area contributed by atoms with E-state index < -0.39 is 0 Å². The lowest BCUT2D eigenvalue weighted by Gasteiger charge is -2.22. The fourth-order valence-electron chi connectivity index (χ4n) is 4.07. The highest BCUT2D eigenvalue weighted by molar-refractivity contribution is 5.93. The summed E-state index contributed by atoms with van der Waals surface area (Å²) >= 11 is 0. The van der Waals surface area contributed by atoms with Gasteiger partial charge in [0, 0.05) is 18.3 Å². The largest absolute Gasteiger partial charge is 0.497 e. The topological polar surface area (TPSA) is 70.3 Å². The summed E-state index contributed by atoms with van der Waals surface area (Å²) in [4.78, 5) is 15.3. The summed E-state index contributed by atoms with van der Waals surface area (Å²) in [5.74, 6) is 0.584. The van der Waals surface area contributed by atoms with E-state index in [9.17, 15) is 14.4 Å². The highest BCUT2D eigenvalue weighted by atomic mass is 19.1. The molecule has 1 aromatic heterocycles. The molecule has 1 heterocycles. The van der Waals surface area contributed by atoms with Crippen molar-refractivity contribution in [3.05, 3.63) is 76.7 Å². The summed E-state index contributed by atoms with van der Waals surface area (Å²) in [6.45, 7) is 4.54. The first-order valence-corrected chi connectivity index (χ1v) is 11.0. The zero-order valence-electron chi connectivity index (χ0n) is 19.1. The van der Waals surface area contributed by atoms with Crippen molar-refractivity contribution in [1.82, 2.24) is 9.47 Å². The molecule has 0 radical (unpaired) electrons. The van der Waals surface area contributed by atoms with Gasteiger partial charge in [-0.3, -0.25) is 14.3 Å². The maximum atomic E-state index is 13.9. The van der Waals surface area contributed by atoms with Crippen LogP contribution in [0.3, 0.4) is 0 Å². The summed E-state index contributed by atoms with van der Waals surface area (Å²) in [6.07, 6.45) is 2.12. The molecule has 1 N–H and O–H groups in total. The van der Waals surface area contributed by atoms with Crippen molar-refractivity contribution >= 4 is 11.7 Å². The molecule has 0 aliphatic heterocycles. The predicted octanol–water partition coefficient (Wildman–Crippen LogP) is 4.72. The second-order valence-corrected chi connectivity index (χ2v) is 8.39. The molecule has 1 saturated carbocycles. The first-order chi connectivity index (χ1) is 15.9. The van der Waals surface area contributed by atoms with Gasteiger partial charge in [0.2, 0.25) is 5.91 Å². The number of nitrogens with one attached hydrogen (secondary N) is 1. The van der Waals surface area contributed by atoms with Crippen molar-refractivity contribution in [3.63, 3.8) is 0 Å². The molecule has 1 aliphatic carbocycles. The standard InChI is InChI=1S/C26H27FN4O2/c1-17-18(2)31(22-6-4-5-20(27)13-22)26(24(17)14-28)29-25(32)16-30(21-9-10-21)15-19-7-11-23(33-3)12-8-19/h4-8,11-13,21H,9-10,15-16H2,1-3H3,(H,29,32). The summed E-state index contributed by atoms with van der Waals surface area (Å²) in [6, 6.07) is 16.5. The van der Waals surface area contributed by atoms with Gasteiger partial charge in [-0.25, -0.2) is 4.39 Å². The lowest BCUT2D eigenvalue weighted by molar-refractivity contribution is -0.117. The number of hydrogen-bond donors (Lipinski definition) is 1. The van der Waals surface area contributed by atoms with Crippen LogP contribution >= 0.6 is 0 Å². The Morgan fingerprint density at radius 3 is 2.58 bits per heavy atom. The van der Waals surface area contributed by atoms with Crippen LogP contribution in [-0.2, 0) is 11.3 Å². The molecule has 7 heteroatoms. The molecule has 33 heavy (non-hydrogen) atoms. The van der Waals surface area contributed by atoms with Gasteiger partial charge in [-0.2, -0.15) is 5.26 Å². The molecule has 0 unspecified atom stereocenters. The van der Waals surface area contributed by atoms with Crippen LogP contribution in [0.15, 0.2) is 48.5 Å². The maximum absolute atomic E-state index is 13.9. The molecule has 3 aromatic rings. The van der Waals surface area contributed by atoms with Crippen molar-refractivity contribution in [2.45, 2.75) is 39.3 Å². The number of methoxy groups -OCH3 is 1. The van der Waals surface area contributed by atoms with E-state index in [1.807, 2.05) is 38.1 Å². The van der Waals surface area contributed by atoms with E-state index in [1.54, 1.807) is 23.8 Å². The summed E-state index contributed by atoms with van der Waals surface area (Å²) in [5.41, 5.74) is 3.59. The number of carbonyl (C=O) groups excluding carboxylic acids is 1. The van der Waals surface area contributed by atoms with Crippen LogP contribution in [0.5, 0.6) is 5.75 Å². The zero-order valence-corrected chi connectivity index (χ0v) is 19.1. The summed E-state index contributed by atoms with van der Waals surface area (Å²) in [5, 5.41) is 12.7. The SMILES string of the molecule is COc1ccc(CN(CC(=O)Nc2c(C#N)c(C)c(C)n2-c2cccc(F)c2)C2CC2)cc1. The van der Waals surface area contributed by atoms with Gasteiger partial charge in [0.25, 0.3) is 0 Å². The molecule has 0 atom stereocenters. The third-order valence-corrected chi connectivity index (χ3v) is 6.10. The van der Waals surface area contributed by atoms with E-state index in [4.69, 9.17) is 4.74 Å². The lowest BCUT2D eigenvalue weighted by atomic mass is 10.2. The quantitative estimate of drug-likeness (QED) is 0.544. The average Bonchev–Trinajstić information content (AvgIpc) is 3.62. The number of ether oxygens (including phenoxy) is 1. The molecular formula is C26H27FN4O2. The van der Waals surface area contributed by atoms with Gasteiger partial charge < -0.3 is 10.1 Å². The number of hydrogen-bond acceptors (Lipinski definition) is 4. The summed E-state index contributed by atoms with van der Waals surface area (Å²) in [7, 11) is 1.63. The minimum atomic E-state index is -0.381. The van der Waals surface area contributed by atoms with Crippen LogP contribution < -0.4 is 10.1 Å². The van der Waals surface area contributed by atoms with Gasteiger partial charge in [0.15, 0.2) is 0 Å². The number of amides is 1. The fourth-order valence-corrected chi connectivity index (χ4v) is 4.07. The number of nitriles is 1. The molecule has 2 aromatic carbocycles. The van der Waals surface area contributed by atoms with E-state index in [-0.39, 0.29) is 18.3 Å². The molecule has 0 spiro atoms. The number of anilines is 1. The highest BCUT2D eigenvalue weighted by Crippen LogP contribution is 2.31. The molecule has 0 bridgehead atoms. The number of carbonyl (C=O) groups is 1. The monoisotopic (exact) mass is 446 g/mol. The molecule has 1 fully saturated rings. The minimum Gasteiger partial charge on any atom is -0.497 e. The second kappa shape index (κ2) is 9.47. The van der Waals surface area contributed by atoms with E-state index in [0.29, 0.717) is 29.7 Å². The van der Waals surface area contributed by atoms with Crippen molar-refractivity contribution in [2.75, 3.05) is 19.0 Å². The van der Waals surface area contributed by atoms with E-state index >= 15 is 0 Å². The Bertz CT molecular complexity index is 1210. The smallest absolute Gasteiger partial charge is 0.239 e. The molecule has 4 rings (SSSR count). The Labute approximate surface area is 193 Å². The maximum Gasteiger partial charge on any atom is 0.239 e. The first kappa shape index (κ1) is 22.6. The molecule has 1 amide bonds. The third kappa shape index (κ3) is 4.91. The number of aromatic nitrogens is 1. The van der Waals surface area contributed by atoms with Crippen LogP contribution in [-0.4, -0.2) is 35.1 Å². The fraction of sp³-hybridized carbons (Fsp3) is 0.308. The van der Waals surface area contributed by atoms with E-state index in [2.05, 4.69) is 16.3 Å². The number of rotatable bonds is 8. The van der Waals surface area contributed by atoms with Gasteiger partial charge in [-0.05, 0) is 68.1 Å². The number of nitrogens with zero attached hydrogens (tertiary/aromatic N) is 3.